The highest BCUT2D eigenvalue weighted by Gasteiger charge is 2.55. The average Bonchev–Trinajstić information content (AvgIpc) is 3.91. The minimum Gasteiger partial charge on any atom is -0.373 e. The molecule has 1 saturated carbocycles. The van der Waals surface area contributed by atoms with E-state index in [9.17, 15) is 19.2 Å². The van der Waals surface area contributed by atoms with Gasteiger partial charge < -0.3 is 40.4 Å². The molecule has 4 amide bonds. The molecule has 8 heterocycles. The molecule has 4 aromatic rings. The third-order valence-corrected chi connectivity index (χ3v) is 17.2. The van der Waals surface area contributed by atoms with E-state index in [1.807, 2.05) is 65.4 Å². The van der Waals surface area contributed by atoms with Gasteiger partial charge in [0.1, 0.15) is 17.8 Å². The summed E-state index contributed by atoms with van der Waals surface area (Å²) in [4.78, 5) is 79.9. The van der Waals surface area contributed by atoms with Gasteiger partial charge in [-0.05, 0) is 106 Å². The number of halogens is 1. The molecule has 2 unspecified atom stereocenters. The van der Waals surface area contributed by atoms with Crippen LogP contribution in [0.3, 0.4) is 0 Å². The van der Waals surface area contributed by atoms with Gasteiger partial charge in [0, 0.05) is 121 Å². The van der Waals surface area contributed by atoms with E-state index in [4.69, 9.17) is 22.1 Å². The second-order valence-corrected chi connectivity index (χ2v) is 21.9. The van der Waals surface area contributed by atoms with E-state index in [0.717, 1.165) is 131 Å². The number of H-pyrrole nitrogens is 1. The maximum atomic E-state index is 14.3. The van der Waals surface area contributed by atoms with Gasteiger partial charge in [0.15, 0.2) is 0 Å². The van der Waals surface area contributed by atoms with Crippen LogP contribution in [-0.2, 0) is 19.1 Å². The normalized spacial score (nSPS) is 25.6. The molecule has 0 spiro atoms. The van der Waals surface area contributed by atoms with Crippen molar-refractivity contribution in [3.05, 3.63) is 88.8 Å². The maximum absolute atomic E-state index is 14.3. The number of amides is 4. The first kappa shape index (κ1) is 49.4. The Morgan fingerprint density at radius 2 is 1.58 bits per heavy atom. The molecule has 6 aliphatic heterocycles. The van der Waals surface area contributed by atoms with E-state index < -0.39 is 11.0 Å². The van der Waals surface area contributed by atoms with Gasteiger partial charge in [-0.25, -0.2) is 9.97 Å². The monoisotopic (exact) mass is 990 g/mol. The second-order valence-electron chi connectivity index (χ2n) is 21.5. The number of likely N-dealkylation sites (tertiary alicyclic amines) is 1. The van der Waals surface area contributed by atoms with Crippen molar-refractivity contribution in [2.45, 2.75) is 101 Å². The SMILES string of the molecule is CCCC(=O)N1CCCC(c2cccc(C(=O)N3CCN(CC45CCC(C(=O)N6CCN(CCC(NC(=O)C7(N)CCN(c8ncnc9[nH]ccc89)CC7)c7ccc(Cl)cc7)CC6)(CC4)CO5)CC3)c2)C1. The molecule has 17 heteroatoms. The van der Waals surface area contributed by atoms with Crippen LogP contribution in [0.5, 0.6) is 0 Å². The van der Waals surface area contributed by atoms with Crippen molar-refractivity contribution in [3.63, 3.8) is 0 Å². The molecule has 11 rings (SSSR count). The highest BCUT2D eigenvalue weighted by atomic mass is 35.5. The Morgan fingerprint density at radius 1 is 0.845 bits per heavy atom. The summed E-state index contributed by atoms with van der Waals surface area (Å²) < 4.78 is 6.72. The fraction of sp³-hybridized carbons (Fsp3) is 0.593. The number of hydrogen-bond donors (Lipinski definition) is 3. The molecule has 2 aromatic heterocycles. The molecule has 4 N–H and O–H groups in total. The summed E-state index contributed by atoms with van der Waals surface area (Å²) >= 11 is 6.29. The van der Waals surface area contributed by atoms with Crippen molar-refractivity contribution in [1.29, 1.82) is 0 Å². The van der Waals surface area contributed by atoms with E-state index in [1.165, 1.54) is 0 Å². The van der Waals surface area contributed by atoms with E-state index in [0.29, 0.717) is 76.6 Å². The molecule has 380 valence electrons. The lowest BCUT2D eigenvalue weighted by Crippen LogP contribution is -2.63. The van der Waals surface area contributed by atoms with Crippen molar-refractivity contribution in [2.75, 3.05) is 103 Å². The number of benzene rings is 2. The van der Waals surface area contributed by atoms with Gasteiger partial charge in [-0.3, -0.25) is 29.0 Å². The summed E-state index contributed by atoms with van der Waals surface area (Å²) in [6, 6.07) is 17.5. The minimum absolute atomic E-state index is 0.0769. The zero-order valence-electron chi connectivity index (χ0n) is 41.5. The van der Waals surface area contributed by atoms with Crippen molar-refractivity contribution in [3.8, 4) is 0 Å². The molecule has 1 aliphatic carbocycles. The van der Waals surface area contributed by atoms with E-state index in [-0.39, 0.29) is 41.2 Å². The van der Waals surface area contributed by atoms with Gasteiger partial charge >= 0.3 is 0 Å². The Bertz CT molecular complexity index is 2510. The fourth-order valence-corrected chi connectivity index (χ4v) is 12.4. The van der Waals surface area contributed by atoms with Crippen LogP contribution in [0.1, 0.15) is 111 Å². The minimum atomic E-state index is -1.01. The third-order valence-electron chi connectivity index (χ3n) is 17.0. The molecular weight excluding hydrogens is 918 g/mol. The quantitative estimate of drug-likeness (QED) is 0.144. The van der Waals surface area contributed by atoms with E-state index in [2.05, 4.69) is 52.0 Å². The number of aromatic nitrogens is 3. The van der Waals surface area contributed by atoms with Crippen molar-refractivity contribution < 1.29 is 23.9 Å². The Balaban J connectivity index is 0.669. The lowest BCUT2D eigenvalue weighted by molar-refractivity contribution is -0.203. The molecule has 7 fully saturated rings. The van der Waals surface area contributed by atoms with Crippen molar-refractivity contribution >= 4 is 52.1 Å². The second kappa shape index (κ2) is 21.1. The standard InChI is InChI=1S/C54H72ClN11O5/c1-2-5-46(67)66-22-4-8-42(35-66)40-6-3-7-41(34-40)49(68)64-30-28-62(29-31-64)36-53-17-15-52(16-18-53,37-71-53)51(70)65-32-26-61(27-33-65)23-14-45(39-9-11-43(55)12-10-39)60-50(69)54(56)19-24-63(25-20-54)48-44-13-21-57-47(44)58-38-59-48/h3,6-7,9-13,21,34,38,42,45H,2,4-5,8,14-20,22-33,35-37,56H2,1H3,(H,60,69)(H,57,58,59). The molecule has 2 atom stereocenters. The highest BCUT2D eigenvalue weighted by Crippen LogP contribution is 2.50. The maximum Gasteiger partial charge on any atom is 0.253 e. The summed E-state index contributed by atoms with van der Waals surface area (Å²) in [6.45, 7) is 12.7. The highest BCUT2D eigenvalue weighted by molar-refractivity contribution is 6.30. The number of fused-ring (bicyclic) bond motifs is 4. The summed E-state index contributed by atoms with van der Waals surface area (Å²) in [7, 11) is 0. The smallest absolute Gasteiger partial charge is 0.253 e. The van der Waals surface area contributed by atoms with Crippen LogP contribution in [0.2, 0.25) is 5.02 Å². The zero-order valence-corrected chi connectivity index (χ0v) is 42.2. The Morgan fingerprint density at radius 3 is 2.30 bits per heavy atom. The summed E-state index contributed by atoms with van der Waals surface area (Å²) in [5.74, 6) is 1.51. The Hall–Kier alpha value is -5.13. The molecule has 16 nitrogen and oxygen atoms in total. The fourth-order valence-electron chi connectivity index (χ4n) is 12.3. The van der Waals surface area contributed by atoms with Crippen LogP contribution in [0, 0.1) is 5.41 Å². The van der Waals surface area contributed by atoms with Crippen LogP contribution in [0.15, 0.2) is 67.1 Å². The van der Waals surface area contributed by atoms with Crippen LogP contribution in [0.25, 0.3) is 11.0 Å². The van der Waals surface area contributed by atoms with Gasteiger partial charge in [0.05, 0.1) is 34.6 Å². The molecule has 0 radical (unpaired) electrons. The summed E-state index contributed by atoms with van der Waals surface area (Å²) in [6.07, 6.45) is 12.0. The first-order valence-corrected chi connectivity index (χ1v) is 26.7. The molecule has 6 saturated heterocycles. The Labute approximate surface area is 422 Å². The number of aromatic amines is 1. The topological polar surface area (TPSA) is 177 Å². The number of carbonyl (C=O) groups excluding carboxylic acids is 4. The average molecular weight is 991 g/mol. The van der Waals surface area contributed by atoms with Gasteiger partial charge in [0.25, 0.3) is 5.91 Å². The number of anilines is 1. The predicted molar refractivity (Wildman–Crippen MR) is 274 cm³/mol. The first-order valence-electron chi connectivity index (χ1n) is 26.4. The van der Waals surface area contributed by atoms with Gasteiger partial charge in [0.2, 0.25) is 17.7 Å². The zero-order chi connectivity index (χ0) is 49.2. The molecular formula is C54H72ClN11O5. The number of ether oxygens (including phenoxy) is 1. The number of piperidine rings is 2. The summed E-state index contributed by atoms with van der Waals surface area (Å²) in [5.41, 5.74) is 8.81. The number of nitrogens with two attached hydrogens (primary N) is 1. The largest absolute Gasteiger partial charge is 0.373 e. The van der Waals surface area contributed by atoms with Crippen LogP contribution >= 0.6 is 11.6 Å². The number of carbonyl (C=O) groups is 4. The molecule has 71 heavy (non-hydrogen) atoms. The Kier molecular flexibility index (Phi) is 14.7. The van der Waals surface area contributed by atoms with Crippen molar-refractivity contribution in [2.24, 2.45) is 11.1 Å². The summed E-state index contributed by atoms with van der Waals surface area (Å²) in [5, 5.41) is 4.94. The van der Waals surface area contributed by atoms with Crippen LogP contribution in [0.4, 0.5) is 5.82 Å². The third kappa shape index (κ3) is 10.7. The lowest BCUT2D eigenvalue weighted by atomic mass is 9.65. The van der Waals surface area contributed by atoms with E-state index >= 15 is 0 Å². The lowest BCUT2D eigenvalue weighted by Gasteiger charge is -2.55. The van der Waals surface area contributed by atoms with Gasteiger partial charge in [-0.1, -0.05) is 42.8 Å². The van der Waals surface area contributed by atoms with E-state index in [1.54, 1.807) is 6.33 Å². The molecule has 2 aromatic carbocycles. The number of rotatable bonds is 14. The van der Waals surface area contributed by atoms with Crippen LogP contribution < -0.4 is 16.0 Å². The van der Waals surface area contributed by atoms with Crippen LogP contribution in [-0.4, -0.2) is 172 Å². The number of nitrogens with zero attached hydrogens (tertiary/aromatic N) is 8. The number of nitrogens with one attached hydrogen (secondary N) is 2. The molecule has 7 aliphatic rings. The number of hydrogen-bond acceptors (Lipinski definition) is 11. The number of piperazine rings is 2. The van der Waals surface area contributed by atoms with Crippen molar-refractivity contribution in [1.82, 2.24) is 44.8 Å². The molecule has 2 bridgehead atoms. The van der Waals surface area contributed by atoms with Gasteiger partial charge in [-0.15, -0.1) is 0 Å². The predicted octanol–water partition coefficient (Wildman–Crippen LogP) is 5.59. The first-order chi connectivity index (χ1) is 34.4. The van der Waals surface area contributed by atoms with Gasteiger partial charge in [-0.2, -0.15) is 0 Å².